The molecule has 1 aromatic heterocycles. The molecular formula is C27H26Cl4N2O7S. The van der Waals surface area contributed by atoms with Gasteiger partial charge in [-0.3, -0.25) is 19.3 Å². The Hall–Kier alpha value is -2.37. The summed E-state index contributed by atoms with van der Waals surface area (Å²) in [5, 5.41) is 2.05. The van der Waals surface area contributed by atoms with Crippen molar-refractivity contribution in [2.24, 2.45) is 11.8 Å². The summed E-state index contributed by atoms with van der Waals surface area (Å²) in [5.41, 5.74) is 0.629. The van der Waals surface area contributed by atoms with Crippen LogP contribution in [-0.2, 0) is 31.9 Å². The van der Waals surface area contributed by atoms with Crippen LogP contribution in [0.3, 0.4) is 0 Å². The van der Waals surface area contributed by atoms with Crippen molar-refractivity contribution < 1.29 is 33.4 Å². The first-order valence-electron chi connectivity index (χ1n) is 12.7. The molecule has 2 atom stereocenters. The SMILES string of the molecule is COC(=O)c1c(NC(=O)COC(=O)[C@@H](CC(C)C)N2C(=O)c3c(Cl)c(Cl)c(Cl)c(Cl)c3C2=O)sc2c1CC[C@@H](C)C2. The highest BCUT2D eigenvalue weighted by Crippen LogP contribution is 2.45. The van der Waals surface area contributed by atoms with Crippen LogP contribution in [0.2, 0.25) is 20.1 Å². The van der Waals surface area contributed by atoms with Crippen LogP contribution in [-0.4, -0.2) is 54.3 Å². The largest absolute Gasteiger partial charge is 0.465 e. The van der Waals surface area contributed by atoms with E-state index in [0.29, 0.717) is 27.8 Å². The van der Waals surface area contributed by atoms with Gasteiger partial charge in [-0.2, -0.15) is 0 Å². The van der Waals surface area contributed by atoms with Crippen molar-refractivity contribution in [1.29, 1.82) is 0 Å². The lowest BCUT2D eigenvalue weighted by atomic mass is 9.88. The number of nitrogens with one attached hydrogen (secondary N) is 1. The highest BCUT2D eigenvalue weighted by Gasteiger charge is 2.47. The maximum atomic E-state index is 13.3. The number of benzene rings is 1. The molecule has 0 saturated heterocycles. The van der Waals surface area contributed by atoms with Crippen LogP contribution < -0.4 is 5.32 Å². The monoisotopic (exact) mass is 662 g/mol. The molecule has 14 heteroatoms. The summed E-state index contributed by atoms with van der Waals surface area (Å²) in [5.74, 6) is -3.75. The summed E-state index contributed by atoms with van der Waals surface area (Å²) in [7, 11) is 1.27. The van der Waals surface area contributed by atoms with Gasteiger partial charge in [0.25, 0.3) is 17.7 Å². The van der Waals surface area contributed by atoms with Crippen LogP contribution >= 0.6 is 57.7 Å². The number of hydrogen-bond donors (Lipinski definition) is 1. The Balaban J connectivity index is 1.54. The Kier molecular flexibility index (Phi) is 9.60. The molecule has 0 spiro atoms. The predicted molar refractivity (Wildman–Crippen MR) is 157 cm³/mol. The van der Waals surface area contributed by atoms with E-state index in [4.69, 9.17) is 55.9 Å². The molecule has 220 valence electrons. The minimum absolute atomic E-state index is 0.0327. The van der Waals surface area contributed by atoms with Gasteiger partial charge in [0, 0.05) is 4.88 Å². The average Bonchev–Trinajstić information content (AvgIpc) is 3.40. The van der Waals surface area contributed by atoms with Gasteiger partial charge in [0.05, 0.1) is 43.9 Å². The molecule has 1 N–H and O–H groups in total. The second-order valence-corrected chi connectivity index (χ2v) is 13.0. The smallest absolute Gasteiger partial charge is 0.341 e. The first-order chi connectivity index (χ1) is 19.3. The Bertz CT molecular complexity index is 1430. The van der Waals surface area contributed by atoms with Crippen LogP contribution in [0, 0.1) is 11.8 Å². The lowest BCUT2D eigenvalue weighted by molar-refractivity contribution is -0.151. The topological polar surface area (TPSA) is 119 Å². The fraction of sp³-hybridized carbons (Fsp3) is 0.444. The molecule has 1 aliphatic carbocycles. The summed E-state index contributed by atoms with van der Waals surface area (Å²) in [6.45, 7) is 4.96. The molecule has 9 nitrogen and oxygen atoms in total. The standard InChI is InChI=1S/C27H26Cl4N2O7S/c1-10(2)7-13(33-24(35)17-18(25(33)36)20(29)22(31)21(30)19(17)28)26(37)40-9-15(34)32-23-16(27(38)39-4)12-6-5-11(3)8-14(12)41-23/h10-11,13H,5-9H2,1-4H3,(H,32,34)/t11-,13-/m1/s1. The molecule has 0 saturated carbocycles. The molecule has 2 aliphatic rings. The van der Waals surface area contributed by atoms with Gasteiger partial charge in [-0.05, 0) is 43.1 Å². The number of rotatable bonds is 8. The maximum absolute atomic E-state index is 13.3. The van der Waals surface area contributed by atoms with E-state index in [0.717, 1.165) is 23.3 Å². The minimum atomic E-state index is -1.39. The Morgan fingerprint density at radius 2 is 1.61 bits per heavy atom. The fourth-order valence-electron chi connectivity index (χ4n) is 4.96. The van der Waals surface area contributed by atoms with Gasteiger partial charge in [-0.1, -0.05) is 67.2 Å². The van der Waals surface area contributed by atoms with E-state index >= 15 is 0 Å². The van der Waals surface area contributed by atoms with Crippen LogP contribution in [0.1, 0.15) is 75.1 Å². The summed E-state index contributed by atoms with van der Waals surface area (Å²) < 4.78 is 10.2. The number of methoxy groups -OCH3 is 1. The third-order valence-electron chi connectivity index (χ3n) is 6.91. The third kappa shape index (κ3) is 5.95. The summed E-state index contributed by atoms with van der Waals surface area (Å²) in [6, 6.07) is -1.39. The third-order valence-corrected chi connectivity index (χ3v) is 9.88. The molecule has 0 bridgehead atoms. The van der Waals surface area contributed by atoms with Crippen molar-refractivity contribution in [1.82, 2.24) is 4.90 Å². The molecule has 41 heavy (non-hydrogen) atoms. The van der Waals surface area contributed by atoms with E-state index in [1.165, 1.54) is 18.4 Å². The van der Waals surface area contributed by atoms with Crippen LogP contribution in [0.4, 0.5) is 5.00 Å². The number of imide groups is 1. The molecule has 0 unspecified atom stereocenters. The zero-order chi connectivity index (χ0) is 30.3. The van der Waals surface area contributed by atoms with E-state index in [1.807, 2.05) is 0 Å². The lowest BCUT2D eigenvalue weighted by Gasteiger charge is -2.25. The van der Waals surface area contributed by atoms with Gasteiger partial charge < -0.3 is 14.8 Å². The zero-order valence-electron chi connectivity index (χ0n) is 22.5. The Labute approximate surface area is 260 Å². The van der Waals surface area contributed by atoms with Gasteiger partial charge in [-0.15, -0.1) is 11.3 Å². The molecule has 1 aromatic carbocycles. The molecule has 1 aliphatic heterocycles. The highest BCUT2D eigenvalue weighted by molar-refractivity contribution is 7.17. The first-order valence-corrected chi connectivity index (χ1v) is 15.0. The Morgan fingerprint density at radius 3 is 2.15 bits per heavy atom. The molecule has 4 rings (SSSR count). The summed E-state index contributed by atoms with van der Waals surface area (Å²) >= 11 is 25.9. The van der Waals surface area contributed by atoms with Gasteiger partial charge >= 0.3 is 11.9 Å². The fourth-order valence-corrected chi connectivity index (χ4v) is 7.38. The maximum Gasteiger partial charge on any atom is 0.341 e. The Morgan fingerprint density at radius 1 is 1.02 bits per heavy atom. The predicted octanol–water partition coefficient (Wildman–Crippen LogP) is 6.47. The van der Waals surface area contributed by atoms with Gasteiger partial charge in [0.15, 0.2) is 6.61 Å². The summed E-state index contributed by atoms with van der Waals surface area (Å²) in [6.07, 6.45) is 2.40. The van der Waals surface area contributed by atoms with E-state index in [9.17, 15) is 24.0 Å². The number of hydrogen-bond acceptors (Lipinski definition) is 8. The molecule has 0 radical (unpaired) electrons. The van der Waals surface area contributed by atoms with Crippen molar-refractivity contribution in [3.8, 4) is 0 Å². The van der Waals surface area contributed by atoms with Crippen molar-refractivity contribution in [3.05, 3.63) is 47.2 Å². The molecule has 2 aromatic rings. The molecule has 0 fully saturated rings. The quantitative estimate of drug-likeness (QED) is 0.149. The summed E-state index contributed by atoms with van der Waals surface area (Å²) in [4.78, 5) is 67.0. The normalized spacial score (nSPS) is 16.9. The number of halogens is 4. The number of nitrogens with zero attached hydrogens (tertiary/aromatic N) is 1. The lowest BCUT2D eigenvalue weighted by Crippen LogP contribution is -2.47. The number of thiophene rings is 1. The zero-order valence-corrected chi connectivity index (χ0v) is 26.3. The molecular weight excluding hydrogens is 638 g/mol. The number of carbonyl (C=O) groups is 5. The minimum Gasteiger partial charge on any atom is -0.465 e. The van der Waals surface area contributed by atoms with Crippen molar-refractivity contribution in [3.63, 3.8) is 0 Å². The van der Waals surface area contributed by atoms with E-state index in [-0.39, 0.29) is 43.6 Å². The van der Waals surface area contributed by atoms with Crippen LogP contribution in [0.5, 0.6) is 0 Å². The number of amides is 3. The van der Waals surface area contributed by atoms with Crippen LogP contribution in [0.25, 0.3) is 0 Å². The number of fused-ring (bicyclic) bond motifs is 2. The number of esters is 2. The number of carbonyl (C=O) groups excluding carboxylic acids is 5. The van der Waals surface area contributed by atoms with E-state index in [1.54, 1.807) is 13.8 Å². The van der Waals surface area contributed by atoms with Crippen molar-refractivity contribution >= 4 is 92.4 Å². The van der Waals surface area contributed by atoms with Gasteiger partial charge in [-0.25, -0.2) is 9.59 Å². The highest BCUT2D eigenvalue weighted by atomic mass is 35.5. The van der Waals surface area contributed by atoms with Gasteiger partial charge in [0.2, 0.25) is 0 Å². The second kappa shape index (κ2) is 12.5. The first kappa shape index (κ1) is 31.6. The van der Waals surface area contributed by atoms with Gasteiger partial charge in [0.1, 0.15) is 11.0 Å². The van der Waals surface area contributed by atoms with Crippen molar-refractivity contribution in [2.45, 2.75) is 52.5 Å². The van der Waals surface area contributed by atoms with E-state index < -0.39 is 42.3 Å². The number of anilines is 1. The molecule has 2 heterocycles. The molecule has 3 amide bonds. The van der Waals surface area contributed by atoms with E-state index in [2.05, 4.69) is 12.2 Å². The average molecular weight is 664 g/mol. The number of ether oxygens (including phenoxy) is 2. The van der Waals surface area contributed by atoms with Crippen LogP contribution in [0.15, 0.2) is 0 Å². The second-order valence-electron chi connectivity index (χ2n) is 10.3. The van der Waals surface area contributed by atoms with Crippen molar-refractivity contribution in [2.75, 3.05) is 19.0 Å².